The highest BCUT2D eigenvalue weighted by Gasteiger charge is 2.28. The monoisotopic (exact) mass is 327 g/mol. The van der Waals surface area contributed by atoms with Crippen LogP contribution in [0.3, 0.4) is 0 Å². The van der Waals surface area contributed by atoms with Crippen molar-refractivity contribution in [2.45, 2.75) is 24.9 Å². The molecule has 1 saturated carbocycles. The molecular formula is C13H18BrN3O2. The zero-order chi connectivity index (χ0) is 13.2. The molecule has 0 bridgehead atoms. The Kier molecular flexibility index (Phi) is 3.91. The van der Waals surface area contributed by atoms with Crippen molar-refractivity contribution in [3.8, 4) is 0 Å². The molecule has 2 heterocycles. The van der Waals surface area contributed by atoms with Gasteiger partial charge in [-0.05, 0) is 34.8 Å². The van der Waals surface area contributed by atoms with Crippen molar-refractivity contribution >= 4 is 21.8 Å². The maximum absolute atomic E-state index is 12.2. The second-order valence-electron chi connectivity index (χ2n) is 5.12. The van der Waals surface area contributed by atoms with Crippen LogP contribution < -0.4 is 10.6 Å². The molecule has 1 aromatic heterocycles. The zero-order valence-corrected chi connectivity index (χ0v) is 12.3. The Labute approximate surface area is 120 Å². The molecule has 6 heteroatoms. The van der Waals surface area contributed by atoms with Crippen molar-refractivity contribution in [2.75, 3.05) is 26.3 Å². The number of carbonyl (C=O) groups is 1. The summed E-state index contributed by atoms with van der Waals surface area (Å²) in [4.78, 5) is 12.2. The van der Waals surface area contributed by atoms with Crippen LogP contribution in [-0.4, -0.2) is 42.8 Å². The van der Waals surface area contributed by atoms with Gasteiger partial charge in [0.15, 0.2) is 0 Å². The van der Waals surface area contributed by atoms with E-state index < -0.39 is 0 Å². The number of aromatic nitrogens is 1. The minimum Gasteiger partial charge on any atom is -0.378 e. The van der Waals surface area contributed by atoms with Gasteiger partial charge in [-0.2, -0.15) is 0 Å². The fraction of sp³-hybridized carbons (Fsp3) is 0.615. The summed E-state index contributed by atoms with van der Waals surface area (Å²) in [5.41, 5.74) is 0.742. The molecule has 0 radical (unpaired) electrons. The van der Waals surface area contributed by atoms with Crippen molar-refractivity contribution in [1.29, 1.82) is 0 Å². The lowest BCUT2D eigenvalue weighted by Gasteiger charge is -2.24. The Balaban J connectivity index is 1.60. The van der Waals surface area contributed by atoms with Crippen LogP contribution in [0, 0.1) is 0 Å². The number of morpholine rings is 1. The minimum atomic E-state index is -0.00928. The third-order valence-electron chi connectivity index (χ3n) is 3.50. The fourth-order valence-electron chi connectivity index (χ4n) is 2.34. The molecule has 0 aromatic carbocycles. The van der Waals surface area contributed by atoms with Gasteiger partial charge in [-0.25, -0.2) is 0 Å². The van der Waals surface area contributed by atoms with Gasteiger partial charge in [-0.3, -0.25) is 4.79 Å². The van der Waals surface area contributed by atoms with Gasteiger partial charge < -0.3 is 19.9 Å². The third-order valence-corrected chi connectivity index (χ3v) is 3.93. The van der Waals surface area contributed by atoms with Gasteiger partial charge in [0.25, 0.3) is 5.91 Å². The largest absolute Gasteiger partial charge is 0.378 e. The van der Waals surface area contributed by atoms with E-state index in [1.807, 2.05) is 12.3 Å². The topological polar surface area (TPSA) is 55.3 Å². The number of nitrogens with zero attached hydrogens (tertiary/aromatic N) is 1. The summed E-state index contributed by atoms with van der Waals surface area (Å²) in [6, 6.07) is 2.60. The maximum atomic E-state index is 12.2. The molecule has 1 unspecified atom stereocenters. The highest BCUT2D eigenvalue weighted by Crippen LogP contribution is 2.37. The van der Waals surface area contributed by atoms with Gasteiger partial charge in [0.05, 0.1) is 13.2 Å². The van der Waals surface area contributed by atoms with E-state index in [0.717, 1.165) is 23.3 Å². The predicted molar refractivity (Wildman–Crippen MR) is 75.3 cm³/mol. The Hall–Kier alpha value is -0.850. The highest BCUT2D eigenvalue weighted by atomic mass is 79.9. The van der Waals surface area contributed by atoms with Crippen LogP contribution >= 0.6 is 15.9 Å². The average Bonchev–Trinajstić information content (AvgIpc) is 3.20. The normalized spacial score (nSPS) is 23.3. The van der Waals surface area contributed by atoms with E-state index in [9.17, 15) is 4.79 Å². The van der Waals surface area contributed by atoms with E-state index in [2.05, 4.69) is 31.1 Å². The van der Waals surface area contributed by atoms with Crippen molar-refractivity contribution in [1.82, 2.24) is 15.2 Å². The number of amides is 1. The molecule has 1 aliphatic carbocycles. The maximum Gasteiger partial charge on any atom is 0.268 e. The minimum absolute atomic E-state index is 0.00928. The first-order chi connectivity index (χ1) is 9.24. The smallest absolute Gasteiger partial charge is 0.268 e. The molecule has 2 fully saturated rings. The lowest BCUT2D eigenvalue weighted by molar-refractivity contribution is 0.0732. The third kappa shape index (κ3) is 3.19. The van der Waals surface area contributed by atoms with Crippen LogP contribution in [-0.2, 0) is 4.74 Å². The van der Waals surface area contributed by atoms with Gasteiger partial charge in [0.1, 0.15) is 5.69 Å². The molecule has 104 valence electrons. The van der Waals surface area contributed by atoms with E-state index in [1.54, 1.807) is 0 Å². The number of halogens is 1. The molecule has 5 nitrogen and oxygen atoms in total. The fourth-order valence-corrected chi connectivity index (χ4v) is 2.78. The number of carbonyl (C=O) groups excluding carboxylic acids is 1. The van der Waals surface area contributed by atoms with Crippen LogP contribution in [0.4, 0.5) is 0 Å². The number of ether oxygens (including phenoxy) is 1. The summed E-state index contributed by atoms with van der Waals surface area (Å²) in [6.07, 6.45) is 4.33. The first-order valence-corrected chi connectivity index (χ1v) is 7.50. The average molecular weight is 328 g/mol. The second-order valence-corrected chi connectivity index (χ2v) is 6.03. The van der Waals surface area contributed by atoms with Crippen molar-refractivity contribution in [3.05, 3.63) is 22.4 Å². The van der Waals surface area contributed by atoms with Crippen molar-refractivity contribution in [2.24, 2.45) is 0 Å². The molecule has 2 aliphatic rings. The van der Waals surface area contributed by atoms with Gasteiger partial charge in [-0.15, -0.1) is 0 Å². The number of rotatable bonds is 4. The number of hydrogen-bond donors (Lipinski definition) is 2. The first kappa shape index (κ1) is 13.1. The van der Waals surface area contributed by atoms with Crippen LogP contribution in [0.1, 0.15) is 29.4 Å². The lowest BCUT2D eigenvalue weighted by atomic mass is 10.2. The van der Waals surface area contributed by atoms with Crippen LogP contribution in [0.5, 0.6) is 0 Å². The first-order valence-electron chi connectivity index (χ1n) is 6.71. The lowest BCUT2D eigenvalue weighted by Crippen LogP contribution is -2.48. The van der Waals surface area contributed by atoms with E-state index in [4.69, 9.17) is 4.74 Å². The summed E-state index contributed by atoms with van der Waals surface area (Å²) in [5.74, 6) is -0.00928. The van der Waals surface area contributed by atoms with E-state index in [-0.39, 0.29) is 11.9 Å². The molecule has 0 spiro atoms. The molecule has 19 heavy (non-hydrogen) atoms. The molecule has 2 N–H and O–H groups in total. The standard InChI is InChI=1S/C13H18BrN3O2/c14-9-5-12(17(7-9)11-1-2-11)13(18)16-6-10-8-19-4-3-15-10/h5,7,10-11,15H,1-4,6,8H2,(H,16,18). The SMILES string of the molecule is O=C(NCC1COCCN1)c1cc(Br)cn1C1CC1. The van der Waals surface area contributed by atoms with Gasteiger partial charge >= 0.3 is 0 Å². The Bertz CT molecular complexity index is 464. The molecule has 1 atom stereocenters. The summed E-state index contributed by atoms with van der Waals surface area (Å²) in [5, 5.41) is 6.31. The van der Waals surface area contributed by atoms with E-state index in [0.29, 0.717) is 19.2 Å². The van der Waals surface area contributed by atoms with Gasteiger partial charge in [0, 0.05) is 35.8 Å². The summed E-state index contributed by atoms with van der Waals surface area (Å²) < 4.78 is 8.41. The van der Waals surface area contributed by atoms with Crippen molar-refractivity contribution < 1.29 is 9.53 Å². The Morgan fingerprint density at radius 2 is 2.42 bits per heavy atom. The Morgan fingerprint density at radius 1 is 1.58 bits per heavy atom. The Morgan fingerprint density at radius 3 is 3.11 bits per heavy atom. The molecule has 3 rings (SSSR count). The van der Waals surface area contributed by atoms with Crippen LogP contribution in [0.25, 0.3) is 0 Å². The molecule has 1 amide bonds. The number of hydrogen-bond acceptors (Lipinski definition) is 3. The molecule has 1 aliphatic heterocycles. The summed E-state index contributed by atoms with van der Waals surface area (Å²) >= 11 is 3.44. The molecule has 1 saturated heterocycles. The predicted octanol–water partition coefficient (Wildman–Crippen LogP) is 1.30. The van der Waals surface area contributed by atoms with Gasteiger partial charge in [0.2, 0.25) is 0 Å². The number of nitrogens with one attached hydrogen (secondary N) is 2. The summed E-state index contributed by atoms with van der Waals surface area (Å²) in [7, 11) is 0. The summed E-state index contributed by atoms with van der Waals surface area (Å²) in [6.45, 7) is 2.87. The van der Waals surface area contributed by atoms with Crippen LogP contribution in [0.15, 0.2) is 16.7 Å². The quantitative estimate of drug-likeness (QED) is 0.876. The molecular weight excluding hydrogens is 310 g/mol. The molecule has 1 aromatic rings. The highest BCUT2D eigenvalue weighted by molar-refractivity contribution is 9.10. The van der Waals surface area contributed by atoms with Gasteiger partial charge in [-0.1, -0.05) is 0 Å². The second kappa shape index (κ2) is 5.64. The van der Waals surface area contributed by atoms with E-state index in [1.165, 1.54) is 12.8 Å². The van der Waals surface area contributed by atoms with Crippen molar-refractivity contribution in [3.63, 3.8) is 0 Å². The zero-order valence-electron chi connectivity index (χ0n) is 10.7. The van der Waals surface area contributed by atoms with Crippen LogP contribution in [0.2, 0.25) is 0 Å². The van der Waals surface area contributed by atoms with E-state index >= 15 is 0 Å².